The number of benzene rings is 1. The largest absolute Gasteiger partial charge is 0.381 e. The first-order valence-corrected chi connectivity index (χ1v) is 9.47. The lowest BCUT2D eigenvalue weighted by atomic mass is 9.71. The zero-order chi connectivity index (χ0) is 17.3. The molecule has 25 heavy (non-hydrogen) atoms. The van der Waals surface area contributed by atoms with E-state index in [0.717, 1.165) is 57.8 Å². The molecule has 1 aromatic rings. The Labute approximate surface area is 148 Å². The standard InChI is InChI=1S/C20H27FN2O2/c21-17-5-3-16(4-6-17)12-23-13-18(19(24)22-11-15-1-2-15)20(14-23)7-9-25-10-8-20/h3-6,15,18H,1-2,7-14H2,(H,22,24)/t18-/m1/s1. The van der Waals surface area contributed by atoms with E-state index < -0.39 is 0 Å². The van der Waals surface area contributed by atoms with Crippen LogP contribution in [-0.2, 0) is 16.1 Å². The molecule has 1 saturated carbocycles. The van der Waals surface area contributed by atoms with Crippen molar-refractivity contribution in [2.24, 2.45) is 17.3 Å². The second-order valence-electron chi connectivity index (χ2n) is 8.01. The van der Waals surface area contributed by atoms with Crippen LogP contribution in [0.4, 0.5) is 4.39 Å². The van der Waals surface area contributed by atoms with Crippen LogP contribution < -0.4 is 5.32 Å². The highest BCUT2D eigenvalue weighted by Crippen LogP contribution is 2.45. The predicted octanol–water partition coefficient (Wildman–Crippen LogP) is 2.58. The van der Waals surface area contributed by atoms with Crippen molar-refractivity contribution < 1.29 is 13.9 Å². The van der Waals surface area contributed by atoms with Crippen molar-refractivity contribution in [2.75, 3.05) is 32.8 Å². The molecule has 1 aliphatic carbocycles. The fourth-order valence-electron chi connectivity index (χ4n) is 4.38. The number of likely N-dealkylation sites (tertiary alicyclic amines) is 1. The summed E-state index contributed by atoms with van der Waals surface area (Å²) >= 11 is 0. The van der Waals surface area contributed by atoms with Crippen molar-refractivity contribution in [3.63, 3.8) is 0 Å². The monoisotopic (exact) mass is 346 g/mol. The molecular weight excluding hydrogens is 319 g/mol. The van der Waals surface area contributed by atoms with Crippen LogP contribution >= 0.6 is 0 Å². The molecule has 1 amide bonds. The Kier molecular flexibility index (Phi) is 4.78. The van der Waals surface area contributed by atoms with Gasteiger partial charge in [-0.15, -0.1) is 0 Å². The van der Waals surface area contributed by atoms with Crippen LogP contribution in [0.3, 0.4) is 0 Å². The summed E-state index contributed by atoms with van der Waals surface area (Å²) in [6, 6.07) is 6.70. The highest BCUT2D eigenvalue weighted by molar-refractivity contribution is 5.80. The number of hydrogen-bond acceptors (Lipinski definition) is 3. The lowest BCUT2D eigenvalue weighted by Gasteiger charge is -2.37. The number of carbonyl (C=O) groups excluding carboxylic acids is 1. The van der Waals surface area contributed by atoms with E-state index >= 15 is 0 Å². The van der Waals surface area contributed by atoms with Gasteiger partial charge in [0.25, 0.3) is 0 Å². The Morgan fingerprint density at radius 2 is 1.96 bits per heavy atom. The molecule has 4 rings (SSSR count). The molecule has 2 aliphatic heterocycles. The Balaban J connectivity index is 1.45. The van der Waals surface area contributed by atoms with E-state index in [9.17, 15) is 9.18 Å². The molecule has 5 heteroatoms. The van der Waals surface area contributed by atoms with Crippen LogP contribution in [-0.4, -0.2) is 43.7 Å². The van der Waals surface area contributed by atoms with Crippen LogP contribution in [0, 0.1) is 23.1 Å². The van der Waals surface area contributed by atoms with Gasteiger partial charge in [-0.05, 0) is 49.3 Å². The van der Waals surface area contributed by atoms with Crippen molar-refractivity contribution in [3.05, 3.63) is 35.6 Å². The van der Waals surface area contributed by atoms with E-state index in [1.165, 1.54) is 25.0 Å². The number of nitrogens with zero attached hydrogens (tertiary/aromatic N) is 1. The molecular formula is C20H27FN2O2. The smallest absolute Gasteiger partial charge is 0.225 e. The number of hydrogen-bond donors (Lipinski definition) is 1. The third-order valence-electron chi connectivity index (χ3n) is 6.10. The molecule has 0 bridgehead atoms. The van der Waals surface area contributed by atoms with Gasteiger partial charge in [-0.3, -0.25) is 9.69 Å². The fourth-order valence-corrected chi connectivity index (χ4v) is 4.38. The van der Waals surface area contributed by atoms with E-state index in [4.69, 9.17) is 4.74 Å². The van der Waals surface area contributed by atoms with E-state index in [0.29, 0.717) is 5.92 Å². The summed E-state index contributed by atoms with van der Waals surface area (Å²) in [6.45, 7) is 4.81. The van der Waals surface area contributed by atoms with E-state index in [2.05, 4.69) is 10.2 Å². The van der Waals surface area contributed by atoms with E-state index in [1.807, 2.05) is 12.1 Å². The molecule has 3 fully saturated rings. The topological polar surface area (TPSA) is 41.6 Å². The van der Waals surface area contributed by atoms with Crippen LogP contribution in [0.15, 0.2) is 24.3 Å². The maximum Gasteiger partial charge on any atom is 0.225 e. The Morgan fingerprint density at radius 1 is 1.24 bits per heavy atom. The summed E-state index contributed by atoms with van der Waals surface area (Å²) in [4.78, 5) is 15.2. The summed E-state index contributed by atoms with van der Waals surface area (Å²) < 4.78 is 18.7. The van der Waals surface area contributed by atoms with E-state index in [-0.39, 0.29) is 23.1 Å². The first kappa shape index (κ1) is 17.0. The minimum atomic E-state index is -0.205. The zero-order valence-corrected chi connectivity index (χ0v) is 14.7. The molecule has 1 N–H and O–H groups in total. The quantitative estimate of drug-likeness (QED) is 0.891. The van der Waals surface area contributed by atoms with Crippen molar-refractivity contribution in [3.8, 4) is 0 Å². The van der Waals surface area contributed by atoms with Gasteiger partial charge in [0.1, 0.15) is 5.82 Å². The summed E-state index contributed by atoms with van der Waals surface area (Å²) in [5.74, 6) is 0.751. The average molecular weight is 346 g/mol. The number of rotatable bonds is 5. The second-order valence-corrected chi connectivity index (χ2v) is 8.01. The third kappa shape index (κ3) is 3.87. The molecule has 0 aromatic heterocycles. The van der Waals surface area contributed by atoms with Crippen molar-refractivity contribution in [1.29, 1.82) is 0 Å². The van der Waals surface area contributed by atoms with Gasteiger partial charge < -0.3 is 10.1 Å². The summed E-state index contributed by atoms with van der Waals surface area (Å²) in [5.41, 5.74) is 1.13. The molecule has 3 aliphatic rings. The maximum absolute atomic E-state index is 13.1. The minimum Gasteiger partial charge on any atom is -0.381 e. The van der Waals surface area contributed by atoms with Gasteiger partial charge >= 0.3 is 0 Å². The SMILES string of the molecule is O=C(NCC1CC1)[C@H]1CN(Cc2ccc(F)cc2)CC12CCOCC2. The summed E-state index contributed by atoms with van der Waals surface area (Å²) in [5, 5.41) is 3.19. The van der Waals surface area contributed by atoms with Crippen LogP contribution in [0.1, 0.15) is 31.2 Å². The van der Waals surface area contributed by atoms with Gasteiger partial charge in [0.2, 0.25) is 5.91 Å². The van der Waals surface area contributed by atoms with Crippen molar-refractivity contribution in [1.82, 2.24) is 10.2 Å². The molecule has 2 saturated heterocycles. The number of carbonyl (C=O) groups is 1. The molecule has 4 nitrogen and oxygen atoms in total. The molecule has 0 unspecified atom stereocenters. The number of halogens is 1. The minimum absolute atomic E-state index is 0.0336. The third-order valence-corrected chi connectivity index (χ3v) is 6.10. The van der Waals surface area contributed by atoms with Gasteiger partial charge in [0.05, 0.1) is 5.92 Å². The van der Waals surface area contributed by atoms with Gasteiger partial charge in [-0.1, -0.05) is 12.1 Å². The van der Waals surface area contributed by atoms with Crippen LogP contribution in [0.5, 0.6) is 0 Å². The van der Waals surface area contributed by atoms with Crippen LogP contribution in [0.2, 0.25) is 0 Å². The Morgan fingerprint density at radius 3 is 2.64 bits per heavy atom. The number of ether oxygens (including phenoxy) is 1. The first-order chi connectivity index (χ1) is 12.1. The van der Waals surface area contributed by atoms with Gasteiger partial charge in [-0.25, -0.2) is 4.39 Å². The summed E-state index contributed by atoms with van der Waals surface area (Å²) in [7, 11) is 0. The normalized spacial score (nSPS) is 26.0. The predicted molar refractivity (Wildman–Crippen MR) is 93.4 cm³/mol. The number of nitrogens with one attached hydrogen (secondary N) is 1. The molecule has 1 aromatic carbocycles. The molecule has 136 valence electrons. The lowest BCUT2D eigenvalue weighted by molar-refractivity contribution is -0.129. The maximum atomic E-state index is 13.1. The molecule has 2 heterocycles. The Bertz CT molecular complexity index is 609. The highest BCUT2D eigenvalue weighted by atomic mass is 19.1. The van der Waals surface area contributed by atoms with Crippen LogP contribution in [0.25, 0.3) is 0 Å². The first-order valence-electron chi connectivity index (χ1n) is 9.47. The number of amides is 1. The molecule has 1 spiro atoms. The second kappa shape index (κ2) is 7.04. The van der Waals surface area contributed by atoms with Crippen molar-refractivity contribution >= 4 is 5.91 Å². The van der Waals surface area contributed by atoms with Gasteiger partial charge in [0, 0.05) is 44.8 Å². The molecule has 1 atom stereocenters. The zero-order valence-electron chi connectivity index (χ0n) is 14.7. The highest BCUT2D eigenvalue weighted by Gasteiger charge is 2.50. The lowest BCUT2D eigenvalue weighted by Crippen LogP contribution is -2.44. The summed E-state index contributed by atoms with van der Waals surface area (Å²) in [6.07, 6.45) is 4.41. The van der Waals surface area contributed by atoms with Crippen molar-refractivity contribution in [2.45, 2.75) is 32.2 Å². The Hall–Kier alpha value is -1.46. The fraction of sp³-hybridized carbons (Fsp3) is 0.650. The van der Waals surface area contributed by atoms with E-state index in [1.54, 1.807) is 0 Å². The van der Waals surface area contributed by atoms with Gasteiger partial charge in [0.15, 0.2) is 0 Å². The average Bonchev–Trinajstić information content (AvgIpc) is 3.39. The van der Waals surface area contributed by atoms with Gasteiger partial charge in [-0.2, -0.15) is 0 Å². The molecule has 0 radical (unpaired) electrons.